The highest BCUT2D eigenvalue weighted by molar-refractivity contribution is 7.99. The third-order valence-electron chi connectivity index (χ3n) is 3.80. The number of thiazole rings is 1. The summed E-state index contributed by atoms with van der Waals surface area (Å²) in [6, 6.07) is 7.31. The predicted octanol–water partition coefficient (Wildman–Crippen LogP) is 2.77. The molecule has 0 bridgehead atoms. The van der Waals surface area contributed by atoms with Crippen molar-refractivity contribution < 1.29 is 9.72 Å². The van der Waals surface area contributed by atoms with Gasteiger partial charge in [-0.15, -0.1) is 23.1 Å². The lowest BCUT2D eigenvalue weighted by molar-refractivity contribution is -0.384. The number of rotatable bonds is 7. The van der Waals surface area contributed by atoms with Crippen molar-refractivity contribution in [3.8, 4) is 0 Å². The Balaban J connectivity index is 1.53. The van der Waals surface area contributed by atoms with Gasteiger partial charge < -0.3 is 5.32 Å². The maximum atomic E-state index is 12.1. The number of nitrogens with zero attached hydrogens (tertiary/aromatic N) is 3. The van der Waals surface area contributed by atoms with Crippen molar-refractivity contribution in [2.75, 3.05) is 5.75 Å². The van der Waals surface area contributed by atoms with Gasteiger partial charge in [0.2, 0.25) is 5.91 Å². The average molecular weight is 404 g/mol. The highest BCUT2D eigenvalue weighted by Gasteiger charge is 2.13. The van der Waals surface area contributed by atoms with E-state index in [2.05, 4.69) is 10.3 Å². The molecule has 0 spiro atoms. The van der Waals surface area contributed by atoms with Crippen molar-refractivity contribution in [1.82, 2.24) is 14.7 Å². The molecule has 2 aromatic heterocycles. The second-order valence-electron chi connectivity index (χ2n) is 5.78. The van der Waals surface area contributed by atoms with E-state index in [4.69, 9.17) is 0 Å². The van der Waals surface area contributed by atoms with Crippen molar-refractivity contribution in [1.29, 1.82) is 0 Å². The number of aromatic nitrogens is 2. The Hall–Kier alpha value is -2.72. The first-order chi connectivity index (χ1) is 12.9. The summed E-state index contributed by atoms with van der Waals surface area (Å²) >= 11 is 2.73. The van der Waals surface area contributed by atoms with Gasteiger partial charge in [0.1, 0.15) is 0 Å². The largest absolute Gasteiger partial charge is 0.349 e. The van der Waals surface area contributed by atoms with Gasteiger partial charge >= 0.3 is 0 Å². The zero-order valence-electron chi connectivity index (χ0n) is 14.3. The normalized spacial score (nSPS) is 12.0. The number of benzene rings is 1. The van der Waals surface area contributed by atoms with Gasteiger partial charge in [0.25, 0.3) is 11.2 Å². The minimum atomic E-state index is -0.464. The molecule has 0 saturated heterocycles. The molecule has 1 atom stereocenters. The van der Waals surface area contributed by atoms with E-state index in [9.17, 15) is 19.7 Å². The summed E-state index contributed by atoms with van der Waals surface area (Å²) in [5.74, 6) is 0.459. The standard InChI is InChI=1S/C17H16N4O4S2/c1-11(12-3-2-4-14(7-12)21(24)25)18-15(22)10-26-9-13-8-16(23)20-5-6-27-17(20)19-13/h2-8,11H,9-10H2,1H3,(H,18,22). The summed E-state index contributed by atoms with van der Waals surface area (Å²) < 4.78 is 1.48. The number of non-ortho nitro benzene ring substituents is 1. The molecule has 0 radical (unpaired) electrons. The Kier molecular flexibility index (Phi) is 5.87. The summed E-state index contributed by atoms with van der Waals surface area (Å²) in [6.07, 6.45) is 1.68. The quantitative estimate of drug-likeness (QED) is 0.479. The van der Waals surface area contributed by atoms with Crippen LogP contribution in [0.2, 0.25) is 0 Å². The van der Waals surface area contributed by atoms with E-state index in [1.54, 1.807) is 30.6 Å². The van der Waals surface area contributed by atoms with Gasteiger partial charge in [-0.1, -0.05) is 12.1 Å². The molecule has 0 fully saturated rings. The molecular weight excluding hydrogens is 388 g/mol. The first kappa shape index (κ1) is 19.1. The molecule has 3 rings (SSSR count). The molecule has 8 nitrogen and oxygen atoms in total. The number of thioether (sulfide) groups is 1. The van der Waals surface area contributed by atoms with Gasteiger partial charge in [-0.25, -0.2) is 4.98 Å². The van der Waals surface area contributed by atoms with E-state index in [1.165, 1.54) is 45.7 Å². The number of amides is 1. The molecule has 2 heterocycles. The molecule has 10 heteroatoms. The molecule has 1 unspecified atom stereocenters. The fourth-order valence-corrected chi connectivity index (χ4v) is 3.95. The van der Waals surface area contributed by atoms with Crippen LogP contribution in [0, 0.1) is 10.1 Å². The van der Waals surface area contributed by atoms with E-state index < -0.39 is 4.92 Å². The van der Waals surface area contributed by atoms with E-state index in [1.807, 2.05) is 0 Å². The Labute approximate surface area is 162 Å². The van der Waals surface area contributed by atoms with Crippen molar-refractivity contribution in [2.24, 2.45) is 0 Å². The van der Waals surface area contributed by atoms with Crippen LogP contribution in [-0.4, -0.2) is 26.0 Å². The fourth-order valence-electron chi connectivity index (χ4n) is 2.48. The number of carbonyl (C=O) groups is 1. The molecule has 140 valence electrons. The van der Waals surface area contributed by atoms with E-state index in [0.29, 0.717) is 22.0 Å². The summed E-state index contributed by atoms with van der Waals surface area (Å²) in [4.78, 5) is 39.5. The van der Waals surface area contributed by atoms with Crippen LogP contribution in [0.3, 0.4) is 0 Å². The molecule has 27 heavy (non-hydrogen) atoms. The minimum Gasteiger partial charge on any atom is -0.349 e. The summed E-state index contributed by atoms with van der Waals surface area (Å²) in [6.45, 7) is 1.77. The second-order valence-corrected chi connectivity index (χ2v) is 7.63. The lowest BCUT2D eigenvalue weighted by Gasteiger charge is -2.14. The monoisotopic (exact) mass is 404 g/mol. The van der Waals surface area contributed by atoms with Gasteiger partial charge in [-0.3, -0.25) is 24.1 Å². The van der Waals surface area contributed by atoms with Gasteiger partial charge in [0, 0.05) is 35.5 Å². The molecule has 0 aliphatic heterocycles. The van der Waals surface area contributed by atoms with E-state index in [-0.39, 0.29) is 28.9 Å². The topological polar surface area (TPSA) is 107 Å². The van der Waals surface area contributed by atoms with Crippen molar-refractivity contribution in [2.45, 2.75) is 18.7 Å². The molecule has 1 N–H and O–H groups in total. The highest BCUT2D eigenvalue weighted by atomic mass is 32.2. The smallest absolute Gasteiger partial charge is 0.269 e. The molecular formula is C17H16N4O4S2. The number of hydrogen-bond donors (Lipinski definition) is 1. The Morgan fingerprint density at radius 1 is 1.44 bits per heavy atom. The lowest BCUT2D eigenvalue weighted by atomic mass is 10.1. The number of nitro benzene ring substituents is 1. The van der Waals surface area contributed by atoms with Gasteiger partial charge in [0.05, 0.1) is 22.4 Å². The van der Waals surface area contributed by atoms with Crippen molar-refractivity contribution in [3.05, 3.63) is 73.6 Å². The maximum Gasteiger partial charge on any atom is 0.269 e. The Bertz CT molecular complexity index is 1050. The number of carbonyl (C=O) groups excluding carboxylic acids is 1. The van der Waals surface area contributed by atoms with Crippen LogP contribution in [0.5, 0.6) is 0 Å². The van der Waals surface area contributed by atoms with E-state index >= 15 is 0 Å². The molecule has 0 aliphatic rings. The fraction of sp³-hybridized carbons (Fsp3) is 0.235. The van der Waals surface area contributed by atoms with Crippen LogP contribution in [0.1, 0.15) is 24.2 Å². The zero-order valence-corrected chi connectivity index (χ0v) is 16.0. The Morgan fingerprint density at radius 2 is 2.26 bits per heavy atom. The molecule has 3 aromatic rings. The summed E-state index contributed by atoms with van der Waals surface area (Å²) in [5.41, 5.74) is 1.15. The third kappa shape index (κ3) is 4.72. The summed E-state index contributed by atoms with van der Waals surface area (Å²) in [5, 5.41) is 15.5. The molecule has 0 aliphatic carbocycles. The predicted molar refractivity (Wildman–Crippen MR) is 105 cm³/mol. The SMILES string of the molecule is CC(NC(=O)CSCc1cc(=O)n2ccsc2n1)c1cccc([N+](=O)[O-])c1. The van der Waals surface area contributed by atoms with Crippen LogP contribution >= 0.6 is 23.1 Å². The lowest BCUT2D eigenvalue weighted by Crippen LogP contribution is -2.28. The third-order valence-corrected chi connectivity index (χ3v) is 5.52. The highest BCUT2D eigenvalue weighted by Crippen LogP contribution is 2.19. The van der Waals surface area contributed by atoms with Gasteiger partial charge in [0.15, 0.2) is 4.96 Å². The molecule has 1 amide bonds. The van der Waals surface area contributed by atoms with Crippen LogP contribution in [0.15, 0.2) is 46.7 Å². The Morgan fingerprint density at radius 3 is 3.04 bits per heavy atom. The van der Waals surface area contributed by atoms with Crippen LogP contribution in [0.4, 0.5) is 5.69 Å². The van der Waals surface area contributed by atoms with E-state index in [0.717, 1.165) is 0 Å². The first-order valence-electron chi connectivity index (χ1n) is 8.01. The van der Waals surface area contributed by atoms with Gasteiger partial charge in [-0.2, -0.15) is 0 Å². The van der Waals surface area contributed by atoms with Crippen LogP contribution in [-0.2, 0) is 10.5 Å². The van der Waals surface area contributed by atoms with Crippen molar-refractivity contribution >= 4 is 39.7 Å². The van der Waals surface area contributed by atoms with Gasteiger partial charge in [-0.05, 0) is 12.5 Å². The van der Waals surface area contributed by atoms with Crippen LogP contribution in [0.25, 0.3) is 4.96 Å². The number of hydrogen-bond acceptors (Lipinski definition) is 7. The number of nitro groups is 1. The minimum absolute atomic E-state index is 0.00990. The van der Waals surface area contributed by atoms with Crippen LogP contribution < -0.4 is 10.9 Å². The maximum absolute atomic E-state index is 12.1. The summed E-state index contributed by atoms with van der Waals surface area (Å²) in [7, 11) is 0. The first-order valence-corrected chi connectivity index (χ1v) is 10.0. The number of nitrogens with one attached hydrogen (secondary N) is 1. The number of fused-ring (bicyclic) bond motifs is 1. The zero-order chi connectivity index (χ0) is 19.4. The second kappa shape index (κ2) is 8.31. The van der Waals surface area contributed by atoms with Crippen molar-refractivity contribution in [3.63, 3.8) is 0 Å². The molecule has 1 aromatic carbocycles. The molecule has 0 saturated carbocycles. The average Bonchev–Trinajstić information content (AvgIpc) is 3.11.